The van der Waals surface area contributed by atoms with Gasteiger partial charge in [0.15, 0.2) is 11.4 Å². The number of amides is 2. The normalized spacial score (nSPS) is 11.4. The number of nitrogens with zero attached hydrogens (tertiary/aromatic N) is 2. The monoisotopic (exact) mass is 376 g/mol. The second-order valence-electron chi connectivity index (χ2n) is 5.33. The van der Waals surface area contributed by atoms with Crippen molar-refractivity contribution >= 4 is 17.8 Å². The summed E-state index contributed by atoms with van der Waals surface area (Å²) in [6, 6.07) is 5.44. The lowest BCUT2D eigenvalue weighted by Gasteiger charge is -2.14. The van der Waals surface area contributed by atoms with E-state index in [4.69, 9.17) is 15.6 Å². The Hall–Kier alpha value is -3.89. The number of hydrogen-bond donors (Lipinski definition) is 4. The van der Waals surface area contributed by atoms with Crippen LogP contribution < -0.4 is 21.3 Å². The van der Waals surface area contributed by atoms with Crippen LogP contribution in [-0.4, -0.2) is 50.9 Å². The summed E-state index contributed by atoms with van der Waals surface area (Å²) in [4.78, 5) is 46.5. The summed E-state index contributed by atoms with van der Waals surface area (Å²) in [5, 5.41) is 24.8. The van der Waals surface area contributed by atoms with E-state index in [9.17, 15) is 24.3 Å². The number of rotatable bonds is 7. The molecule has 0 spiro atoms. The number of nitrogens with two attached hydrogens (primary N) is 1. The molecule has 0 saturated carbocycles. The number of ether oxygens (including phenoxy) is 1. The van der Waals surface area contributed by atoms with Gasteiger partial charge in [-0.15, -0.1) is 0 Å². The van der Waals surface area contributed by atoms with Gasteiger partial charge in [-0.2, -0.15) is 9.78 Å². The lowest BCUT2D eigenvalue weighted by molar-refractivity contribution is -0.140. The Balaban J connectivity index is 2.46. The smallest absolute Gasteiger partial charge is 0.326 e. The molecule has 142 valence electrons. The van der Waals surface area contributed by atoms with Crippen LogP contribution in [0.1, 0.15) is 16.9 Å². The van der Waals surface area contributed by atoms with Crippen molar-refractivity contribution in [3.63, 3.8) is 0 Å². The first-order valence-electron chi connectivity index (χ1n) is 7.53. The van der Waals surface area contributed by atoms with Crippen molar-refractivity contribution in [2.75, 3.05) is 7.11 Å². The first-order valence-corrected chi connectivity index (χ1v) is 7.53. The van der Waals surface area contributed by atoms with E-state index < -0.39 is 47.2 Å². The highest BCUT2D eigenvalue weighted by Gasteiger charge is 2.26. The van der Waals surface area contributed by atoms with E-state index in [0.29, 0.717) is 0 Å². The highest BCUT2D eigenvalue weighted by molar-refractivity contribution is 5.97. The van der Waals surface area contributed by atoms with Crippen LogP contribution in [0, 0.1) is 0 Å². The minimum Gasteiger partial charge on any atom is -0.505 e. The van der Waals surface area contributed by atoms with Crippen LogP contribution >= 0.6 is 0 Å². The van der Waals surface area contributed by atoms with Crippen LogP contribution in [0.5, 0.6) is 11.5 Å². The Morgan fingerprint density at radius 1 is 1.33 bits per heavy atom. The molecule has 1 unspecified atom stereocenters. The fourth-order valence-corrected chi connectivity index (χ4v) is 2.21. The highest BCUT2D eigenvalue weighted by atomic mass is 16.5. The molecule has 2 rings (SSSR count). The van der Waals surface area contributed by atoms with Gasteiger partial charge in [0, 0.05) is 6.07 Å². The van der Waals surface area contributed by atoms with Gasteiger partial charge in [0.25, 0.3) is 11.5 Å². The van der Waals surface area contributed by atoms with Gasteiger partial charge < -0.3 is 26.0 Å². The van der Waals surface area contributed by atoms with E-state index in [0.717, 1.165) is 10.7 Å². The number of carboxylic acid groups (broad SMARTS) is 1. The van der Waals surface area contributed by atoms with E-state index >= 15 is 0 Å². The zero-order valence-electron chi connectivity index (χ0n) is 14.1. The molecule has 5 N–H and O–H groups in total. The molecule has 0 saturated heterocycles. The van der Waals surface area contributed by atoms with Crippen LogP contribution in [0.2, 0.25) is 0 Å². The van der Waals surface area contributed by atoms with Gasteiger partial charge in [0.05, 0.1) is 13.5 Å². The summed E-state index contributed by atoms with van der Waals surface area (Å²) in [5.74, 6) is -4.03. The topological polar surface area (TPSA) is 174 Å². The summed E-state index contributed by atoms with van der Waals surface area (Å²) in [6.45, 7) is 0. The SMILES string of the molecule is COc1ccccc1-n1nc(C(=O)NC(CC(N)=O)C(=O)O)c(O)cc1=O. The molecule has 11 heteroatoms. The lowest BCUT2D eigenvalue weighted by atomic mass is 10.2. The number of aromatic nitrogens is 2. The summed E-state index contributed by atoms with van der Waals surface area (Å²) in [6.07, 6.45) is -0.659. The third kappa shape index (κ3) is 4.39. The molecule has 2 amide bonds. The molecule has 0 radical (unpaired) electrons. The Morgan fingerprint density at radius 2 is 2.00 bits per heavy atom. The van der Waals surface area contributed by atoms with Gasteiger partial charge in [-0.05, 0) is 12.1 Å². The van der Waals surface area contributed by atoms with Crippen molar-refractivity contribution in [2.24, 2.45) is 5.73 Å². The van der Waals surface area contributed by atoms with Crippen molar-refractivity contribution in [3.05, 3.63) is 46.4 Å². The standard InChI is InChI=1S/C16H16N4O7/c1-27-11-5-3-2-4-9(11)20-13(23)7-10(21)14(19-20)15(24)18-8(16(25)26)6-12(17)22/h2-5,7-8,21H,6H2,1H3,(H2,17,22)(H,18,24)(H,25,26). The predicted molar refractivity (Wildman–Crippen MR) is 90.8 cm³/mol. The van der Waals surface area contributed by atoms with Gasteiger partial charge in [-0.1, -0.05) is 12.1 Å². The van der Waals surface area contributed by atoms with E-state index in [2.05, 4.69) is 5.10 Å². The van der Waals surface area contributed by atoms with Crippen molar-refractivity contribution in [2.45, 2.75) is 12.5 Å². The molecular formula is C16H16N4O7. The van der Waals surface area contributed by atoms with Gasteiger partial charge >= 0.3 is 5.97 Å². The first kappa shape index (κ1) is 19.4. The molecular weight excluding hydrogens is 360 g/mol. The maximum Gasteiger partial charge on any atom is 0.326 e. The molecule has 0 aliphatic rings. The second-order valence-corrected chi connectivity index (χ2v) is 5.33. The number of hydrogen-bond acceptors (Lipinski definition) is 7. The van der Waals surface area contributed by atoms with E-state index in [1.165, 1.54) is 13.2 Å². The van der Waals surface area contributed by atoms with Crippen molar-refractivity contribution in [1.82, 2.24) is 15.1 Å². The fourth-order valence-electron chi connectivity index (χ4n) is 2.21. The Kier molecular flexibility index (Phi) is 5.75. The molecule has 1 aromatic carbocycles. The van der Waals surface area contributed by atoms with E-state index in [1.54, 1.807) is 18.2 Å². The number of primary amides is 1. The average Bonchev–Trinajstić information content (AvgIpc) is 2.60. The third-order valence-corrected chi connectivity index (χ3v) is 3.45. The highest BCUT2D eigenvalue weighted by Crippen LogP contribution is 2.21. The molecule has 2 aromatic rings. The van der Waals surface area contributed by atoms with Crippen LogP contribution in [0.4, 0.5) is 0 Å². The average molecular weight is 376 g/mol. The number of nitrogens with one attached hydrogen (secondary N) is 1. The lowest BCUT2D eigenvalue weighted by Crippen LogP contribution is -2.44. The summed E-state index contributed by atoms with van der Waals surface area (Å²) >= 11 is 0. The van der Waals surface area contributed by atoms with Gasteiger partial charge in [0.1, 0.15) is 17.5 Å². The van der Waals surface area contributed by atoms with Crippen LogP contribution in [-0.2, 0) is 9.59 Å². The summed E-state index contributed by atoms with van der Waals surface area (Å²) in [5.41, 5.74) is 3.79. The minimum atomic E-state index is -1.62. The Labute approximate surface area is 152 Å². The summed E-state index contributed by atoms with van der Waals surface area (Å²) in [7, 11) is 1.37. The molecule has 1 aromatic heterocycles. The molecule has 1 heterocycles. The molecule has 0 aliphatic carbocycles. The molecule has 11 nitrogen and oxygen atoms in total. The number of para-hydroxylation sites is 2. The fraction of sp³-hybridized carbons (Fsp3) is 0.188. The number of carboxylic acids is 1. The van der Waals surface area contributed by atoms with Gasteiger partial charge in [-0.3, -0.25) is 14.4 Å². The number of methoxy groups -OCH3 is 1. The molecule has 0 fully saturated rings. The van der Waals surface area contributed by atoms with Crippen LogP contribution in [0.15, 0.2) is 35.1 Å². The zero-order valence-corrected chi connectivity index (χ0v) is 14.1. The van der Waals surface area contributed by atoms with E-state index in [-0.39, 0.29) is 11.4 Å². The maximum atomic E-state index is 12.3. The zero-order chi connectivity index (χ0) is 20.1. The number of carbonyl (C=O) groups excluding carboxylic acids is 2. The van der Waals surface area contributed by atoms with Crippen molar-refractivity contribution in [1.29, 1.82) is 0 Å². The second kappa shape index (κ2) is 7.99. The summed E-state index contributed by atoms with van der Waals surface area (Å²) < 4.78 is 5.95. The maximum absolute atomic E-state index is 12.3. The Bertz CT molecular complexity index is 954. The van der Waals surface area contributed by atoms with Crippen LogP contribution in [0.25, 0.3) is 5.69 Å². The third-order valence-electron chi connectivity index (χ3n) is 3.45. The number of benzene rings is 1. The number of aromatic hydroxyl groups is 1. The largest absolute Gasteiger partial charge is 0.505 e. The first-order chi connectivity index (χ1) is 12.7. The van der Waals surface area contributed by atoms with E-state index in [1.807, 2.05) is 5.32 Å². The quantitative estimate of drug-likeness (QED) is 0.476. The molecule has 1 atom stereocenters. The number of carbonyl (C=O) groups is 3. The van der Waals surface area contributed by atoms with Crippen molar-refractivity contribution < 1.29 is 29.3 Å². The molecule has 0 bridgehead atoms. The van der Waals surface area contributed by atoms with Crippen LogP contribution in [0.3, 0.4) is 0 Å². The Morgan fingerprint density at radius 3 is 2.59 bits per heavy atom. The van der Waals surface area contributed by atoms with Gasteiger partial charge in [0.2, 0.25) is 5.91 Å². The predicted octanol–water partition coefficient (Wildman–Crippen LogP) is -0.995. The molecule has 0 aliphatic heterocycles. The van der Waals surface area contributed by atoms with Gasteiger partial charge in [-0.25, -0.2) is 4.79 Å². The number of aliphatic carboxylic acids is 1. The molecule has 27 heavy (non-hydrogen) atoms. The minimum absolute atomic E-state index is 0.200. The van der Waals surface area contributed by atoms with Crippen molar-refractivity contribution in [3.8, 4) is 17.2 Å².